The average Bonchev–Trinajstić information content (AvgIpc) is 2.60. The Kier molecular flexibility index (Phi) is 5.50. The second-order valence-corrected chi connectivity index (χ2v) is 5.07. The molecule has 0 saturated carbocycles. The lowest BCUT2D eigenvalue weighted by Crippen LogP contribution is -2.27. The number of nitrogens with zero attached hydrogens (tertiary/aromatic N) is 2. The molecule has 0 aliphatic rings. The van der Waals surface area contributed by atoms with Crippen LogP contribution >= 0.6 is 0 Å². The van der Waals surface area contributed by atoms with E-state index in [0.29, 0.717) is 11.6 Å². The van der Waals surface area contributed by atoms with Gasteiger partial charge in [0.2, 0.25) is 11.6 Å². The summed E-state index contributed by atoms with van der Waals surface area (Å²) in [5.74, 6) is -7.10. The van der Waals surface area contributed by atoms with Gasteiger partial charge in [0, 0.05) is 24.7 Å². The van der Waals surface area contributed by atoms with Gasteiger partial charge in [-0.15, -0.1) is 0 Å². The highest BCUT2D eigenvalue weighted by Gasteiger charge is 2.28. The minimum Gasteiger partial charge on any atom is -0.352 e. The molecule has 1 amide bonds. The van der Waals surface area contributed by atoms with Crippen molar-refractivity contribution in [1.82, 2.24) is 5.32 Å². The van der Waals surface area contributed by atoms with Crippen molar-refractivity contribution in [2.24, 2.45) is 0 Å². The number of hydrogen-bond donors (Lipinski definition) is 1. The summed E-state index contributed by atoms with van der Waals surface area (Å²) in [7, 11) is 0. The van der Waals surface area contributed by atoms with Gasteiger partial charge >= 0.3 is 5.69 Å². The third-order valence-corrected chi connectivity index (χ3v) is 3.42. The summed E-state index contributed by atoms with van der Waals surface area (Å²) >= 11 is 0. The Morgan fingerprint density at radius 2 is 1.58 bits per heavy atom. The Labute approximate surface area is 143 Å². The van der Waals surface area contributed by atoms with E-state index in [1.54, 1.807) is 0 Å². The molecule has 2 rings (SSSR count). The molecule has 2 aromatic rings. The van der Waals surface area contributed by atoms with E-state index in [4.69, 9.17) is 0 Å². The maximum absolute atomic E-state index is 13.7. The summed E-state index contributed by atoms with van der Waals surface area (Å²) in [6.07, 6.45) is 0.205. The second kappa shape index (κ2) is 7.59. The molecular weight excluding hydrogens is 359 g/mol. The Morgan fingerprint density at radius 1 is 0.962 bits per heavy atom. The smallest absolute Gasteiger partial charge is 0.308 e. The Balaban J connectivity index is 2.08. The topological polar surface area (TPSA) is 115 Å². The molecule has 0 saturated heterocycles. The first kappa shape index (κ1) is 18.8. The molecule has 0 aromatic heterocycles. The summed E-state index contributed by atoms with van der Waals surface area (Å²) in [5, 5.41) is 23.4. The van der Waals surface area contributed by atoms with Crippen molar-refractivity contribution in [3.63, 3.8) is 0 Å². The van der Waals surface area contributed by atoms with Gasteiger partial charge in [-0.3, -0.25) is 25.0 Å². The quantitative estimate of drug-likeness (QED) is 0.477. The van der Waals surface area contributed by atoms with Crippen molar-refractivity contribution in [2.45, 2.75) is 6.42 Å². The Bertz CT molecular complexity index is 887. The summed E-state index contributed by atoms with van der Waals surface area (Å²) in [5.41, 5.74) is -1.86. The largest absolute Gasteiger partial charge is 0.352 e. The third kappa shape index (κ3) is 3.94. The standard InChI is InChI=1S/C15H10F3N3O5/c16-12-10(7-11(21(25)26)13(17)14(12)18)15(22)19-6-5-8-1-3-9(4-2-8)20(23)24/h1-4,7H,5-6H2,(H,19,22). The summed E-state index contributed by atoms with van der Waals surface area (Å²) in [4.78, 5) is 31.2. The summed E-state index contributed by atoms with van der Waals surface area (Å²) < 4.78 is 40.3. The van der Waals surface area contributed by atoms with Gasteiger partial charge in [-0.1, -0.05) is 12.1 Å². The van der Waals surface area contributed by atoms with Crippen molar-refractivity contribution in [3.8, 4) is 0 Å². The van der Waals surface area contributed by atoms with Gasteiger partial charge in [0.15, 0.2) is 5.82 Å². The van der Waals surface area contributed by atoms with Gasteiger partial charge in [-0.05, 0) is 12.0 Å². The van der Waals surface area contributed by atoms with Gasteiger partial charge in [0.25, 0.3) is 11.6 Å². The van der Waals surface area contributed by atoms with Crippen LogP contribution in [-0.2, 0) is 6.42 Å². The molecule has 0 atom stereocenters. The van der Waals surface area contributed by atoms with E-state index in [0.717, 1.165) is 0 Å². The van der Waals surface area contributed by atoms with E-state index < -0.39 is 44.5 Å². The number of nitrogens with one attached hydrogen (secondary N) is 1. The average molecular weight is 369 g/mol. The predicted octanol–water partition coefficient (Wildman–Crippen LogP) is 2.89. The summed E-state index contributed by atoms with van der Waals surface area (Å²) in [6, 6.07) is 5.74. The Morgan fingerprint density at radius 3 is 2.12 bits per heavy atom. The van der Waals surface area contributed by atoms with Crippen LogP contribution in [0, 0.1) is 37.7 Å². The first-order chi connectivity index (χ1) is 12.2. The van der Waals surface area contributed by atoms with Crippen LogP contribution in [0.3, 0.4) is 0 Å². The predicted molar refractivity (Wildman–Crippen MR) is 82.1 cm³/mol. The zero-order valence-corrected chi connectivity index (χ0v) is 12.9. The van der Waals surface area contributed by atoms with Crippen LogP contribution in [0.4, 0.5) is 24.5 Å². The molecule has 0 radical (unpaired) electrons. The van der Waals surface area contributed by atoms with Crippen LogP contribution in [0.25, 0.3) is 0 Å². The molecule has 0 unspecified atom stereocenters. The molecule has 1 N–H and O–H groups in total. The van der Waals surface area contributed by atoms with E-state index >= 15 is 0 Å². The highest BCUT2D eigenvalue weighted by molar-refractivity contribution is 5.95. The normalized spacial score (nSPS) is 10.4. The van der Waals surface area contributed by atoms with Gasteiger partial charge < -0.3 is 5.32 Å². The number of non-ortho nitro benzene ring substituents is 1. The molecule has 0 fully saturated rings. The molecule has 2 aromatic carbocycles. The Hall–Kier alpha value is -3.50. The first-order valence-corrected chi connectivity index (χ1v) is 7.05. The molecular formula is C15H10F3N3O5. The number of carbonyl (C=O) groups is 1. The zero-order valence-electron chi connectivity index (χ0n) is 12.9. The lowest BCUT2D eigenvalue weighted by atomic mass is 10.1. The van der Waals surface area contributed by atoms with Crippen molar-refractivity contribution < 1.29 is 27.8 Å². The van der Waals surface area contributed by atoms with E-state index in [2.05, 4.69) is 5.32 Å². The van der Waals surface area contributed by atoms with Crippen molar-refractivity contribution in [2.75, 3.05) is 6.54 Å². The number of benzene rings is 2. The van der Waals surface area contributed by atoms with Crippen LogP contribution in [-0.4, -0.2) is 22.3 Å². The molecule has 0 heterocycles. The van der Waals surface area contributed by atoms with Crippen molar-refractivity contribution in [3.05, 3.63) is 79.1 Å². The fourth-order valence-corrected chi connectivity index (χ4v) is 2.09. The van der Waals surface area contributed by atoms with Crippen molar-refractivity contribution in [1.29, 1.82) is 0 Å². The van der Waals surface area contributed by atoms with Crippen LogP contribution in [0.1, 0.15) is 15.9 Å². The molecule has 0 bridgehead atoms. The van der Waals surface area contributed by atoms with Gasteiger partial charge in [0.05, 0.1) is 15.4 Å². The van der Waals surface area contributed by atoms with Crippen LogP contribution in [0.5, 0.6) is 0 Å². The summed E-state index contributed by atoms with van der Waals surface area (Å²) in [6.45, 7) is -0.0666. The van der Waals surface area contributed by atoms with Crippen LogP contribution in [0.15, 0.2) is 30.3 Å². The molecule has 11 heteroatoms. The fraction of sp³-hybridized carbons (Fsp3) is 0.133. The van der Waals surface area contributed by atoms with E-state index in [9.17, 15) is 38.2 Å². The van der Waals surface area contributed by atoms with Gasteiger partial charge in [0.1, 0.15) is 0 Å². The lowest BCUT2D eigenvalue weighted by Gasteiger charge is -2.07. The number of halogens is 3. The number of hydrogen-bond acceptors (Lipinski definition) is 5. The lowest BCUT2D eigenvalue weighted by molar-refractivity contribution is -0.387. The van der Waals surface area contributed by atoms with E-state index in [1.807, 2.05) is 0 Å². The fourth-order valence-electron chi connectivity index (χ4n) is 2.09. The molecule has 8 nitrogen and oxygen atoms in total. The third-order valence-electron chi connectivity index (χ3n) is 3.42. The van der Waals surface area contributed by atoms with E-state index in [1.165, 1.54) is 24.3 Å². The number of nitro benzene ring substituents is 2. The maximum atomic E-state index is 13.7. The van der Waals surface area contributed by atoms with Crippen LogP contribution < -0.4 is 5.32 Å². The SMILES string of the molecule is O=C(NCCc1ccc([N+](=O)[O-])cc1)c1cc([N+](=O)[O-])c(F)c(F)c1F. The molecule has 26 heavy (non-hydrogen) atoms. The second-order valence-electron chi connectivity index (χ2n) is 5.07. The zero-order chi connectivity index (χ0) is 19.4. The highest BCUT2D eigenvalue weighted by Crippen LogP contribution is 2.25. The maximum Gasteiger partial charge on any atom is 0.308 e. The monoisotopic (exact) mass is 369 g/mol. The number of amides is 1. The minimum atomic E-state index is -2.11. The minimum absolute atomic E-state index is 0.0666. The first-order valence-electron chi connectivity index (χ1n) is 7.05. The molecule has 0 spiro atoms. The van der Waals surface area contributed by atoms with Crippen molar-refractivity contribution >= 4 is 17.3 Å². The molecule has 0 aliphatic carbocycles. The van der Waals surface area contributed by atoms with E-state index in [-0.39, 0.29) is 18.7 Å². The number of nitro groups is 2. The van der Waals surface area contributed by atoms with Gasteiger partial charge in [-0.25, -0.2) is 8.78 Å². The van der Waals surface area contributed by atoms with Gasteiger partial charge in [-0.2, -0.15) is 4.39 Å². The number of rotatable bonds is 6. The molecule has 136 valence electrons. The number of carbonyl (C=O) groups excluding carboxylic acids is 1. The highest BCUT2D eigenvalue weighted by atomic mass is 19.2. The molecule has 0 aliphatic heterocycles. The van der Waals surface area contributed by atoms with Crippen LogP contribution in [0.2, 0.25) is 0 Å².